The number of carbonyl (C=O) groups excluding carboxylic acids is 1. The van der Waals surface area contributed by atoms with Crippen LogP contribution < -0.4 is 5.32 Å². The van der Waals surface area contributed by atoms with Gasteiger partial charge in [-0.25, -0.2) is 9.50 Å². The minimum absolute atomic E-state index is 0.143. The van der Waals surface area contributed by atoms with E-state index in [1.807, 2.05) is 30.7 Å². The first-order chi connectivity index (χ1) is 12.3. The molecule has 1 N–H and O–H groups in total. The molecule has 0 spiro atoms. The maximum atomic E-state index is 11.5. The molecule has 0 radical (unpaired) electrons. The van der Waals surface area contributed by atoms with Gasteiger partial charge in [0.25, 0.3) is 0 Å². The molecule has 1 fully saturated rings. The molecule has 25 heavy (non-hydrogen) atoms. The fourth-order valence-electron chi connectivity index (χ4n) is 3.29. The molecule has 1 amide bonds. The summed E-state index contributed by atoms with van der Waals surface area (Å²) in [7, 11) is 0. The number of amides is 1. The van der Waals surface area contributed by atoms with E-state index in [2.05, 4.69) is 31.3 Å². The zero-order valence-electron chi connectivity index (χ0n) is 13.9. The summed E-state index contributed by atoms with van der Waals surface area (Å²) in [6.07, 6.45) is 10.7. The van der Waals surface area contributed by atoms with Crippen LogP contribution in [0.5, 0.6) is 0 Å². The van der Waals surface area contributed by atoms with Gasteiger partial charge in [-0.05, 0) is 24.1 Å². The highest BCUT2D eigenvalue weighted by Gasteiger charge is 2.24. The number of hydrogen-bond acceptors (Lipinski definition) is 5. The summed E-state index contributed by atoms with van der Waals surface area (Å²) in [6.45, 7) is 2.29. The van der Waals surface area contributed by atoms with Crippen molar-refractivity contribution in [3.05, 3.63) is 60.3 Å². The minimum Gasteiger partial charge on any atom is -0.352 e. The van der Waals surface area contributed by atoms with Crippen LogP contribution in [0.4, 0.5) is 0 Å². The quantitative estimate of drug-likeness (QED) is 0.736. The lowest BCUT2D eigenvalue weighted by Gasteiger charge is -2.25. The summed E-state index contributed by atoms with van der Waals surface area (Å²) < 4.78 is 1.79. The Bertz CT molecular complexity index is 862. The summed E-state index contributed by atoms with van der Waals surface area (Å²) in [4.78, 5) is 22.5. The van der Waals surface area contributed by atoms with E-state index in [0.29, 0.717) is 6.42 Å². The van der Waals surface area contributed by atoms with Gasteiger partial charge < -0.3 is 5.32 Å². The highest BCUT2D eigenvalue weighted by molar-refractivity contribution is 5.78. The average molecular weight is 336 g/mol. The molecule has 1 aliphatic rings. The molecular weight excluding hydrogens is 316 g/mol. The molecule has 1 atom stereocenters. The molecule has 7 heteroatoms. The third kappa shape index (κ3) is 3.66. The largest absolute Gasteiger partial charge is 0.352 e. The van der Waals surface area contributed by atoms with Crippen LogP contribution in [0.25, 0.3) is 5.65 Å². The van der Waals surface area contributed by atoms with Crippen molar-refractivity contribution < 1.29 is 4.79 Å². The van der Waals surface area contributed by atoms with Crippen molar-refractivity contribution in [2.45, 2.75) is 32.0 Å². The number of nitrogens with one attached hydrogen (secondary N) is 1. The van der Waals surface area contributed by atoms with Crippen LogP contribution in [0, 0.1) is 0 Å². The number of carbonyl (C=O) groups is 1. The Morgan fingerprint density at radius 1 is 1.24 bits per heavy atom. The van der Waals surface area contributed by atoms with Crippen molar-refractivity contribution in [1.82, 2.24) is 29.8 Å². The number of hydrogen-bond donors (Lipinski definition) is 1. The van der Waals surface area contributed by atoms with E-state index in [1.165, 1.54) is 0 Å². The van der Waals surface area contributed by atoms with Gasteiger partial charge >= 0.3 is 0 Å². The van der Waals surface area contributed by atoms with Crippen LogP contribution in [0.2, 0.25) is 0 Å². The fourth-order valence-corrected chi connectivity index (χ4v) is 3.29. The van der Waals surface area contributed by atoms with Gasteiger partial charge in [0, 0.05) is 62.4 Å². The second-order valence-electron chi connectivity index (χ2n) is 6.39. The number of nitrogens with zero attached hydrogens (tertiary/aromatic N) is 5. The molecule has 1 saturated heterocycles. The van der Waals surface area contributed by atoms with Crippen LogP contribution in [0.1, 0.15) is 24.0 Å². The predicted octanol–water partition coefficient (Wildman–Crippen LogP) is 1.41. The Morgan fingerprint density at radius 3 is 3.00 bits per heavy atom. The molecule has 4 heterocycles. The summed E-state index contributed by atoms with van der Waals surface area (Å²) in [5.74, 6) is 0.143. The monoisotopic (exact) mass is 336 g/mol. The van der Waals surface area contributed by atoms with E-state index < -0.39 is 0 Å². The Hall–Kier alpha value is -2.80. The van der Waals surface area contributed by atoms with Crippen LogP contribution in [0.3, 0.4) is 0 Å². The predicted molar refractivity (Wildman–Crippen MR) is 92.5 cm³/mol. The van der Waals surface area contributed by atoms with Crippen LogP contribution in [0.15, 0.2) is 49.2 Å². The molecule has 4 rings (SSSR count). The van der Waals surface area contributed by atoms with Crippen LogP contribution in [-0.4, -0.2) is 43.0 Å². The van der Waals surface area contributed by atoms with Crippen molar-refractivity contribution >= 4 is 11.6 Å². The van der Waals surface area contributed by atoms with E-state index >= 15 is 0 Å². The Morgan fingerprint density at radius 2 is 2.20 bits per heavy atom. The van der Waals surface area contributed by atoms with Gasteiger partial charge in [0.1, 0.15) is 0 Å². The maximum absolute atomic E-state index is 11.5. The highest BCUT2D eigenvalue weighted by atomic mass is 16.1. The molecule has 0 aliphatic carbocycles. The average Bonchev–Trinajstić information content (AvgIpc) is 3.22. The van der Waals surface area contributed by atoms with Gasteiger partial charge in [-0.2, -0.15) is 5.10 Å². The minimum atomic E-state index is 0.143. The standard InChI is InChI=1S/C18H20N6O/c25-17-5-4-16(22-17)13-23(11-14-3-1-6-19-9-14)12-15-10-21-24-8-2-7-20-18(15)24/h1-3,6-10,16H,4-5,11-13H2,(H,22,25). The smallest absolute Gasteiger partial charge is 0.220 e. The second-order valence-corrected chi connectivity index (χ2v) is 6.39. The topological polar surface area (TPSA) is 75.4 Å². The molecule has 0 bridgehead atoms. The maximum Gasteiger partial charge on any atom is 0.220 e. The molecule has 3 aromatic rings. The van der Waals surface area contributed by atoms with Gasteiger partial charge in [0.05, 0.1) is 6.20 Å². The summed E-state index contributed by atoms with van der Waals surface area (Å²) in [5.41, 5.74) is 3.10. The Labute approximate surface area is 145 Å². The van der Waals surface area contributed by atoms with Gasteiger partial charge in [0.15, 0.2) is 5.65 Å². The molecule has 3 aromatic heterocycles. The summed E-state index contributed by atoms with van der Waals surface area (Å²) in [6, 6.07) is 6.08. The summed E-state index contributed by atoms with van der Waals surface area (Å²) >= 11 is 0. The molecule has 1 unspecified atom stereocenters. The SMILES string of the molecule is O=C1CCC(CN(Cc2cccnc2)Cc2cnn3cccnc23)N1. The van der Waals surface area contributed by atoms with Crippen molar-refractivity contribution in [3.8, 4) is 0 Å². The lowest BCUT2D eigenvalue weighted by Crippen LogP contribution is -2.38. The number of rotatable bonds is 6. The van der Waals surface area contributed by atoms with Crippen molar-refractivity contribution in [2.75, 3.05) is 6.54 Å². The Balaban J connectivity index is 1.54. The molecule has 128 valence electrons. The number of fused-ring (bicyclic) bond motifs is 1. The zero-order chi connectivity index (χ0) is 17.1. The molecule has 0 aromatic carbocycles. The van der Waals surface area contributed by atoms with E-state index in [9.17, 15) is 4.79 Å². The molecule has 7 nitrogen and oxygen atoms in total. The third-order valence-electron chi connectivity index (χ3n) is 4.44. The van der Waals surface area contributed by atoms with Gasteiger partial charge in [-0.15, -0.1) is 0 Å². The normalized spacial score (nSPS) is 17.3. The molecule has 0 saturated carbocycles. The van der Waals surface area contributed by atoms with Crippen molar-refractivity contribution in [1.29, 1.82) is 0 Å². The first-order valence-electron chi connectivity index (χ1n) is 8.46. The summed E-state index contributed by atoms with van der Waals surface area (Å²) in [5, 5.41) is 7.42. The number of aromatic nitrogens is 4. The van der Waals surface area contributed by atoms with Crippen molar-refractivity contribution in [3.63, 3.8) is 0 Å². The second kappa shape index (κ2) is 6.98. The van der Waals surface area contributed by atoms with Gasteiger partial charge in [0.2, 0.25) is 5.91 Å². The van der Waals surface area contributed by atoms with Gasteiger partial charge in [-0.3, -0.25) is 14.7 Å². The highest BCUT2D eigenvalue weighted by Crippen LogP contribution is 2.16. The van der Waals surface area contributed by atoms with E-state index in [1.54, 1.807) is 16.9 Å². The lowest BCUT2D eigenvalue weighted by atomic mass is 10.1. The first-order valence-corrected chi connectivity index (χ1v) is 8.46. The molecular formula is C18H20N6O. The van der Waals surface area contributed by atoms with Gasteiger partial charge in [-0.1, -0.05) is 6.07 Å². The lowest BCUT2D eigenvalue weighted by molar-refractivity contribution is -0.119. The van der Waals surface area contributed by atoms with E-state index in [4.69, 9.17) is 0 Å². The van der Waals surface area contributed by atoms with Crippen molar-refractivity contribution in [2.24, 2.45) is 0 Å². The van der Waals surface area contributed by atoms with Crippen LogP contribution >= 0.6 is 0 Å². The first kappa shape index (κ1) is 15.7. The molecule has 1 aliphatic heterocycles. The van der Waals surface area contributed by atoms with E-state index in [-0.39, 0.29) is 11.9 Å². The Kier molecular flexibility index (Phi) is 4.39. The fraction of sp³-hybridized carbons (Fsp3) is 0.333. The van der Waals surface area contributed by atoms with Crippen LogP contribution in [-0.2, 0) is 17.9 Å². The van der Waals surface area contributed by atoms with E-state index in [0.717, 1.165) is 42.8 Å². The zero-order valence-corrected chi connectivity index (χ0v) is 13.9. The number of pyridine rings is 1. The third-order valence-corrected chi connectivity index (χ3v) is 4.44.